The van der Waals surface area contributed by atoms with Gasteiger partial charge in [0.25, 0.3) is 0 Å². The van der Waals surface area contributed by atoms with Crippen LogP contribution >= 0.6 is 0 Å². The molecular weight excluding hydrogens is 614 g/mol. The number of urea groups is 1. The Balaban J connectivity index is 0.960. The Labute approximate surface area is 290 Å². The largest absolute Gasteiger partial charge is 0.392 e. The minimum atomic E-state index is -0.510. The number of carbonyl (C=O) groups excluding carboxylic acids is 1. The fourth-order valence-corrected chi connectivity index (χ4v) is 9.87. The third-order valence-electron chi connectivity index (χ3n) is 12.0. The van der Waals surface area contributed by atoms with Crippen molar-refractivity contribution in [1.29, 1.82) is 0 Å². The van der Waals surface area contributed by atoms with Crippen LogP contribution in [0.5, 0.6) is 0 Å². The van der Waals surface area contributed by atoms with Crippen molar-refractivity contribution in [2.24, 2.45) is 23.7 Å². The number of rotatable bonds is 9. The number of ether oxygens (including phenoxy) is 3. The lowest BCUT2D eigenvalue weighted by molar-refractivity contribution is -0.277. The number of nitrogens with one attached hydrogen (secondary N) is 2. The average molecular weight is 666 g/mol. The van der Waals surface area contributed by atoms with Gasteiger partial charge in [-0.25, -0.2) is 4.79 Å². The van der Waals surface area contributed by atoms with E-state index in [1.165, 1.54) is 19.3 Å². The summed E-state index contributed by atoms with van der Waals surface area (Å²) in [5, 5.41) is 16.2. The van der Waals surface area contributed by atoms with E-state index in [-0.39, 0.29) is 36.3 Å². The highest BCUT2D eigenvalue weighted by molar-refractivity contribution is 5.76. The molecule has 2 heterocycles. The molecule has 3 N–H and O–H groups in total. The van der Waals surface area contributed by atoms with E-state index >= 15 is 0 Å². The first-order valence-electron chi connectivity index (χ1n) is 18.5. The fraction of sp³-hybridized carbons (Fsp3) is 0.537. The molecule has 0 aromatic heterocycles. The molecule has 2 saturated heterocycles. The van der Waals surface area contributed by atoms with Crippen molar-refractivity contribution >= 4 is 6.03 Å². The lowest BCUT2D eigenvalue weighted by Gasteiger charge is -2.56. The number of nitrogens with zero attached hydrogens (tertiary/aromatic N) is 1. The molecule has 260 valence electrons. The van der Waals surface area contributed by atoms with Gasteiger partial charge in [-0.05, 0) is 84.1 Å². The van der Waals surface area contributed by atoms with Crippen molar-refractivity contribution in [3.8, 4) is 11.1 Å². The molecule has 8 heteroatoms. The minimum absolute atomic E-state index is 0.00166. The van der Waals surface area contributed by atoms with Crippen LogP contribution in [0, 0.1) is 23.7 Å². The summed E-state index contributed by atoms with van der Waals surface area (Å²) >= 11 is 0. The molecule has 3 aromatic rings. The van der Waals surface area contributed by atoms with Crippen LogP contribution in [-0.2, 0) is 27.4 Å². The maximum absolute atomic E-state index is 13.2. The van der Waals surface area contributed by atoms with Crippen LogP contribution in [0.3, 0.4) is 0 Å². The van der Waals surface area contributed by atoms with Crippen molar-refractivity contribution in [2.75, 3.05) is 32.8 Å². The topological polar surface area (TPSA) is 92.3 Å². The summed E-state index contributed by atoms with van der Waals surface area (Å²) in [5.41, 5.74) is 6.24. The van der Waals surface area contributed by atoms with E-state index < -0.39 is 6.29 Å². The SMILES string of the molecule is C[C@@H]1[C@H](CN2CCOCC2)O[C@H](c2ccc(-c3ccccc3CNC(=O)NC34CC5CC(CC(C5)C3)C4)cc2)O[C@@H]1c1ccc(CO)cc1. The van der Waals surface area contributed by atoms with Gasteiger partial charge in [0.1, 0.15) is 0 Å². The molecule has 4 saturated carbocycles. The van der Waals surface area contributed by atoms with Gasteiger partial charge in [-0.15, -0.1) is 0 Å². The van der Waals surface area contributed by atoms with Crippen LogP contribution in [0.4, 0.5) is 4.79 Å². The summed E-state index contributed by atoms with van der Waals surface area (Å²) in [6.45, 7) is 6.84. The molecule has 49 heavy (non-hydrogen) atoms. The van der Waals surface area contributed by atoms with Gasteiger partial charge in [0, 0.05) is 43.2 Å². The first kappa shape index (κ1) is 32.9. The molecule has 9 rings (SSSR count). The summed E-state index contributed by atoms with van der Waals surface area (Å²) in [6.07, 6.45) is 6.85. The third kappa shape index (κ3) is 7.17. The highest BCUT2D eigenvalue weighted by Gasteiger charge is 2.51. The molecule has 4 bridgehead atoms. The van der Waals surface area contributed by atoms with Crippen LogP contribution in [0.25, 0.3) is 11.1 Å². The zero-order chi connectivity index (χ0) is 33.4. The summed E-state index contributed by atoms with van der Waals surface area (Å²) in [5.74, 6) is 2.52. The van der Waals surface area contributed by atoms with Crippen LogP contribution < -0.4 is 10.6 Å². The van der Waals surface area contributed by atoms with Crippen molar-refractivity contribution in [1.82, 2.24) is 15.5 Å². The van der Waals surface area contributed by atoms with E-state index in [1.807, 2.05) is 18.2 Å². The van der Waals surface area contributed by atoms with Crippen molar-refractivity contribution < 1.29 is 24.1 Å². The molecule has 6 aliphatic rings. The van der Waals surface area contributed by atoms with Gasteiger partial charge in [-0.3, -0.25) is 4.90 Å². The van der Waals surface area contributed by atoms with Gasteiger partial charge in [0.05, 0.1) is 32.0 Å². The minimum Gasteiger partial charge on any atom is -0.392 e. The lowest BCUT2D eigenvalue weighted by Crippen LogP contribution is -2.61. The molecule has 3 aromatic carbocycles. The first-order chi connectivity index (χ1) is 23.9. The van der Waals surface area contributed by atoms with Gasteiger partial charge in [-0.1, -0.05) is 79.7 Å². The number of hydrogen-bond donors (Lipinski definition) is 3. The maximum Gasteiger partial charge on any atom is 0.315 e. The number of aliphatic hydroxyl groups excluding tert-OH is 1. The number of morpholine rings is 1. The van der Waals surface area contributed by atoms with Gasteiger partial charge in [0.2, 0.25) is 0 Å². The summed E-state index contributed by atoms with van der Waals surface area (Å²) in [6, 6.07) is 24.9. The smallest absolute Gasteiger partial charge is 0.315 e. The van der Waals surface area contributed by atoms with Crippen LogP contribution in [-0.4, -0.2) is 60.5 Å². The first-order valence-corrected chi connectivity index (χ1v) is 18.5. The number of carbonyl (C=O) groups is 1. The molecule has 2 amide bonds. The van der Waals surface area contributed by atoms with E-state index in [0.29, 0.717) is 6.54 Å². The Morgan fingerprint density at radius 1 is 0.857 bits per heavy atom. The van der Waals surface area contributed by atoms with Gasteiger partial charge >= 0.3 is 6.03 Å². The Morgan fingerprint density at radius 3 is 2.18 bits per heavy atom. The second-order valence-electron chi connectivity index (χ2n) is 15.5. The molecule has 4 aliphatic carbocycles. The molecule has 2 aliphatic heterocycles. The average Bonchev–Trinajstić information content (AvgIpc) is 3.11. The van der Waals surface area contributed by atoms with E-state index in [9.17, 15) is 9.90 Å². The van der Waals surface area contributed by atoms with Gasteiger partial charge in [0.15, 0.2) is 6.29 Å². The molecular formula is C41H51N3O5. The molecule has 4 atom stereocenters. The second-order valence-corrected chi connectivity index (χ2v) is 15.5. The zero-order valence-corrected chi connectivity index (χ0v) is 28.7. The Hall–Kier alpha value is -3.27. The number of aliphatic hydroxyl groups is 1. The van der Waals surface area contributed by atoms with Crippen molar-refractivity contribution in [3.05, 3.63) is 95.1 Å². The van der Waals surface area contributed by atoms with E-state index in [1.54, 1.807) is 0 Å². The number of benzene rings is 3. The van der Waals surface area contributed by atoms with Crippen molar-refractivity contribution in [3.63, 3.8) is 0 Å². The van der Waals surface area contributed by atoms with E-state index in [2.05, 4.69) is 77.1 Å². The molecule has 8 nitrogen and oxygen atoms in total. The second kappa shape index (κ2) is 14.2. The predicted molar refractivity (Wildman–Crippen MR) is 188 cm³/mol. The number of hydrogen-bond acceptors (Lipinski definition) is 6. The fourth-order valence-electron chi connectivity index (χ4n) is 9.87. The standard InChI is InChI=1S/C41H51N3O5/c1-27-37(25-44-14-16-47-17-15-44)48-39(49-38(27)33-8-6-28(26-45)7-9-33)34-12-10-32(11-13-34)36-5-3-2-4-35(36)24-42-40(46)43-41-21-29-18-30(22-41)20-31(19-29)23-41/h2-13,27,29-31,37-39,45H,14-26H2,1H3,(H2,42,43,46)/t27-,29?,30?,31?,37+,38+,39+,41?/m1/s1. The summed E-state index contributed by atoms with van der Waals surface area (Å²) < 4.78 is 19.0. The summed E-state index contributed by atoms with van der Waals surface area (Å²) in [4.78, 5) is 15.7. The molecule has 0 spiro atoms. The highest BCUT2D eigenvalue weighted by atomic mass is 16.7. The Kier molecular flexibility index (Phi) is 9.51. The lowest BCUT2D eigenvalue weighted by atomic mass is 9.53. The Bertz CT molecular complexity index is 1550. The molecule has 6 fully saturated rings. The van der Waals surface area contributed by atoms with Crippen molar-refractivity contribution in [2.45, 2.75) is 82.6 Å². The van der Waals surface area contributed by atoms with Crippen LogP contribution in [0.2, 0.25) is 0 Å². The monoisotopic (exact) mass is 665 g/mol. The third-order valence-corrected chi connectivity index (χ3v) is 12.0. The quantitative estimate of drug-likeness (QED) is 0.235. The van der Waals surface area contributed by atoms with Crippen LogP contribution in [0.15, 0.2) is 72.8 Å². The highest BCUT2D eigenvalue weighted by Crippen LogP contribution is 2.55. The van der Waals surface area contributed by atoms with Gasteiger partial charge < -0.3 is 30.0 Å². The number of amides is 2. The van der Waals surface area contributed by atoms with Crippen LogP contribution in [0.1, 0.15) is 80.1 Å². The van der Waals surface area contributed by atoms with E-state index in [4.69, 9.17) is 14.2 Å². The predicted octanol–water partition coefficient (Wildman–Crippen LogP) is 6.74. The summed E-state index contributed by atoms with van der Waals surface area (Å²) in [7, 11) is 0. The van der Waals surface area contributed by atoms with E-state index in [0.717, 1.165) is 103 Å². The molecule has 0 unspecified atom stereocenters. The van der Waals surface area contributed by atoms with Gasteiger partial charge in [-0.2, -0.15) is 0 Å². The zero-order valence-electron chi connectivity index (χ0n) is 28.7. The maximum atomic E-state index is 13.2. The normalized spacial score (nSPS) is 32.6. The molecule has 0 radical (unpaired) electrons. The Morgan fingerprint density at radius 2 is 1.51 bits per heavy atom.